The summed E-state index contributed by atoms with van der Waals surface area (Å²) in [4.78, 5) is 11.6. The highest BCUT2D eigenvalue weighted by atomic mass is 16.5. The van der Waals surface area contributed by atoms with E-state index in [2.05, 4.69) is 26.0 Å². The average Bonchev–Trinajstić information content (AvgIpc) is 2.48. The Morgan fingerprint density at radius 1 is 1.14 bits per heavy atom. The van der Waals surface area contributed by atoms with E-state index in [0.29, 0.717) is 13.0 Å². The van der Waals surface area contributed by atoms with E-state index in [4.69, 9.17) is 16.2 Å². The van der Waals surface area contributed by atoms with Crippen LogP contribution in [-0.4, -0.2) is 18.6 Å². The minimum atomic E-state index is -0.611. The molecule has 0 aliphatic carbocycles. The van der Waals surface area contributed by atoms with Gasteiger partial charge in [-0.2, -0.15) is 0 Å². The Hall–Kier alpha value is -1.39. The van der Waals surface area contributed by atoms with Gasteiger partial charge in [-0.05, 0) is 37.3 Å². The molecule has 0 radical (unpaired) electrons. The first kappa shape index (κ1) is 18.7. The summed E-state index contributed by atoms with van der Waals surface area (Å²) in [7, 11) is 0. The zero-order valence-corrected chi connectivity index (χ0v) is 14.1. The molecule has 0 spiro atoms. The predicted octanol–water partition coefficient (Wildman–Crippen LogP) is 2.87. The fourth-order valence-corrected chi connectivity index (χ4v) is 2.87. The van der Waals surface area contributed by atoms with Crippen molar-refractivity contribution < 1.29 is 9.53 Å². The molecule has 4 nitrogen and oxygen atoms in total. The van der Waals surface area contributed by atoms with Crippen molar-refractivity contribution in [3.8, 4) is 0 Å². The molecular weight excluding hydrogens is 276 g/mol. The minimum absolute atomic E-state index is 0.259. The number of carbonyl (C=O) groups excluding carboxylic acids is 1. The molecule has 1 atom stereocenters. The van der Waals surface area contributed by atoms with Crippen LogP contribution in [0.3, 0.4) is 0 Å². The second-order valence-corrected chi connectivity index (χ2v) is 5.92. The smallest absolute Gasteiger partial charge is 0.323 e. The van der Waals surface area contributed by atoms with E-state index in [1.54, 1.807) is 6.92 Å². The van der Waals surface area contributed by atoms with Crippen LogP contribution in [-0.2, 0) is 21.5 Å². The Balaban J connectivity index is 2.79. The number of carbonyl (C=O) groups is 1. The van der Waals surface area contributed by atoms with Gasteiger partial charge < -0.3 is 16.2 Å². The molecule has 0 aromatic heterocycles. The maximum absolute atomic E-state index is 11.6. The molecule has 124 valence electrons. The topological polar surface area (TPSA) is 78.3 Å². The van der Waals surface area contributed by atoms with Gasteiger partial charge in [0.05, 0.1) is 6.61 Å². The van der Waals surface area contributed by atoms with Gasteiger partial charge in [-0.1, -0.05) is 51.0 Å². The molecule has 1 rings (SSSR count). The highest BCUT2D eigenvalue weighted by molar-refractivity contribution is 5.75. The van der Waals surface area contributed by atoms with E-state index in [0.717, 1.165) is 36.8 Å². The second-order valence-electron chi connectivity index (χ2n) is 5.92. The van der Waals surface area contributed by atoms with E-state index >= 15 is 0 Å². The molecule has 0 heterocycles. The van der Waals surface area contributed by atoms with Crippen molar-refractivity contribution >= 4 is 5.97 Å². The first-order chi connectivity index (χ1) is 10.5. The lowest BCUT2D eigenvalue weighted by Gasteiger charge is -2.30. The number of esters is 1. The van der Waals surface area contributed by atoms with Gasteiger partial charge in [0, 0.05) is 5.54 Å². The molecule has 4 heteroatoms. The summed E-state index contributed by atoms with van der Waals surface area (Å²) in [5, 5.41) is 0. The summed E-state index contributed by atoms with van der Waals surface area (Å²) in [6.07, 6.45) is 4.56. The van der Waals surface area contributed by atoms with E-state index in [-0.39, 0.29) is 11.5 Å². The van der Waals surface area contributed by atoms with Gasteiger partial charge >= 0.3 is 5.97 Å². The quantitative estimate of drug-likeness (QED) is 0.688. The molecule has 0 fully saturated rings. The van der Waals surface area contributed by atoms with E-state index in [1.807, 2.05) is 12.1 Å². The van der Waals surface area contributed by atoms with Crippen molar-refractivity contribution in [1.82, 2.24) is 0 Å². The van der Waals surface area contributed by atoms with Gasteiger partial charge in [0.1, 0.15) is 6.04 Å². The van der Waals surface area contributed by atoms with Gasteiger partial charge in [0.15, 0.2) is 0 Å². The molecule has 0 aliphatic rings. The number of ether oxygens (including phenoxy) is 1. The molecule has 0 aliphatic heterocycles. The Kier molecular flexibility index (Phi) is 7.56. The zero-order chi connectivity index (χ0) is 16.6. The van der Waals surface area contributed by atoms with Gasteiger partial charge in [0.25, 0.3) is 0 Å². The van der Waals surface area contributed by atoms with Gasteiger partial charge in [-0.15, -0.1) is 0 Å². The predicted molar refractivity (Wildman–Crippen MR) is 90.4 cm³/mol. The van der Waals surface area contributed by atoms with Crippen LogP contribution in [0.5, 0.6) is 0 Å². The molecule has 1 aromatic rings. The van der Waals surface area contributed by atoms with Crippen LogP contribution in [0.15, 0.2) is 24.3 Å². The molecule has 22 heavy (non-hydrogen) atoms. The highest BCUT2D eigenvalue weighted by Crippen LogP contribution is 2.29. The van der Waals surface area contributed by atoms with Crippen LogP contribution < -0.4 is 11.5 Å². The van der Waals surface area contributed by atoms with E-state index in [1.165, 1.54) is 0 Å². The largest absolute Gasteiger partial charge is 0.465 e. The van der Waals surface area contributed by atoms with Crippen LogP contribution in [0.25, 0.3) is 0 Å². The lowest BCUT2D eigenvalue weighted by Crippen LogP contribution is -2.36. The second kappa shape index (κ2) is 8.91. The van der Waals surface area contributed by atoms with Crippen LogP contribution in [0.4, 0.5) is 0 Å². The van der Waals surface area contributed by atoms with Crippen molar-refractivity contribution in [3.63, 3.8) is 0 Å². The SMILES string of the molecule is CCCC(N)(CCC)c1ccc(CC(N)C(=O)OCC)cc1. The van der Waals surface area contributed by atoms with Crippen molar-refractivity contribution in [3.05, 3.63) is 35.4 Å². The Morgan fingerprint density at radius 2 is 1.68 bits per heavy atom. The maximum Gasteiger partial charge on any atom is 0.323 e. The minimum Gasteiger partial charge on any atom is -0.465 e. The molecular formula is C18H30N2O2. The summed E-state index contributed by atoms with van der Waals surface area (Å²) in [5.41, 5.74) is 14.4. The Labute approximate surface area is 134 Å². The number of hydrogen-bond acceptors (Lipinski definition) is 4. The zero-order valence-electron chi connectivity index (χ0n) is 14.1. The van der Waals surface area contributed by atoms with Crippen molar-refractivity contribution in [2.45, 2.75) is 64.5 Å². The monoisotopic (exact) mass is 306 g/mol. The maximum atomic E-state index is 11.6. The highest BCUT2D eigenvalue weighted by Gasteiger charge is 2.25. The lowest BCUT2D eigenvalue weighted by atomic mass is 9.82. The standard InChI is InChI=1S/C18H30N2O2/c1-4-11-18(20,12-5-2)15-9-7-14(8-10-15)13-16(19)17(21)22-6-3/h7-10,16H,4-6,11-13,19-20H2,1-3H3. The van der Waals surface area contributed by atoms with Crippen molar-refractivity contribution in [2.24, 2.45) is 11.5 Å². The average molecular weight is 306 g/mol. The number of nitrogens with two attached hydrogens (primary N) is 2. The molecule has 1 unspecified atom stereocenters. The molecule has 1 aromatic carbocycles. The lowest BCUT2D eigenvalue weighted by molar-refractivity contribution is -0.144. The Morgan fingerprint density at radius 3 is 2.14 bits per heavy atom. The summed E-state index contributed by atoms with van der Waals surface area (Å²) in [6.45, 7) is 6.45. The Bertz CT molecular complexity index is 451. The van der Waals surface area contributed by atoms with Crippen LogP contribution in [0.1, 0.15) is 57.6 Å². The van der Waals surface area contributed by atoms with Gasteiger partial charge in [0.2, 0.25) is 0 Å². The van der Waals surface area contributed by atoms with E-state index in [9.17, 15) is 4.79 Å². The van der Waals surface area contributed by atoms with Crippen LogP contribution >= 0.6 is 0 Å². The summed E-state index contributed by atoms with van der Waals surface area (Å²) < 4.78 is 4.93. The van der Waals surface area contributed by atoms with Gasteiger partial charge in [-0.25, -0.2) is 0 Å². The van der Waals surface area contributed by atoms with Crippen LogP contribution in [0.2, 0.25) is 0 Å². The van der Waals surface area contributed by atoms with Crippen LogP contribution in [0, 0.1) is 0 Å². The number of benzene rings is 1. The van der Waals surface area contributed by atoms with Crippen molar-refractivity contribution in [1.29, 1.82) is 0 Å². The fraction of sp³-hybridized carbons (Fsp3) is 0.611. The van der Waals surface area contributed by atoms with Gasteiger partial charge in [-0.3, -0.25) is 4.79 Å². The first-order valence-corrected chi connectivity index (χ1v) is 8.27. The number of rotatable bonds is 9. The molecule has 0 saturated heterocycles. The molecule has 0 amide bonds. The summed E-state index contributed by atoms with van der Waals surface area (Å²) in [5.74, 6) is -0.350. The third-order valence-corrected chi connectivity index (χ3v) is 3.97. The third-order valence-electron chi connectivity index (χ3n) is 3.97. The summed E-state index contributed by atoms with van der Waals surface area (Å²) >= 11 is 0. The third kappa shape index (κ3) is 5.11. The molecule has 4 N–H and O–H groups in total. The molecule has 0 saturated carbocycles. The number of hydrogen-bond donors (Lipinski definition) is 2. The van der Waals surface area contributed by atoms with E-state index < -0.39 is 6.04 Å². The summed E-state index contributed by atoms with van der Waals surface area (Å²) in [6, 6.07) is 7.56. The first-order valence-electron chi connectivity index (χ1n) is 8.27. The fourth-order valence-electron chi connectivity index (χ4n) is 2.87. The van der Waals surface area contributed by atoms with Crippen molar-refractivity contribution in [2.75, 3.05) is 6.61 Å². The molecule has 0 bridgehead atoms. The normalized spacial score (nSPS) is 13.0.